The highest BCUT2D eigenvalue weighted by molar-refractivity contribution is 7.11. The van der Waals surface area contributed by atoms with Gasteiger partial charge in [0, 0.05) is 10.9 Å². The molecule has 1 aliphatic carbocycles. The second-order valence-corrected chi connectivity index (χ2v) is 6.26. The van der Waals surface area contributed by atoms with E-state index in [0.29, 0.717) is 0 Å². The number of rotatable bonds is 4. The third-order valence-corrected chi connectivity index (χ3v) is 5.23. The molecule has 1 heterocycles. The summed E-state index contributed by atoms with van der Waals surface area (Å²) in [6, 6.07) is 0.745. The van der Waals surface area contributed by atoms with Crippen LogP contribution in [-0.2, 0) is 6.42 Å². The van der Waals surface area contributed by atoms with Gasteiger partial charge in [-0.2, -0.15) is 0 Å². The molecule has 0 spiro atoms. The number of nitrogens with zero attached hydrogens (tertiary/aromatic N) is 1. The zero-order chi connectivity index (χ0) is 12.3. The molecule has 0 amide bonds. The van der Waals surface area contributed by atoms with E-state index in [0.717, 1.165) is 18.4 Å². The molecule has 96 valence electrons. The molecule has 3 heteroatoms. The fraction of sp³-hybridized carbons (Fsp3) is 0.786. The third-order valence-electron chi connectivity index (χ3n) is 3.85. The van der Waals surface area contributed by atoms with E-state index in [1.807, 2.05) is 11.3 Å². The molecule has 1 saturated carbocycles. The van der Waals surface area contributed by atoms with Crippen LogP contribution in [0.15, 0.2) is 0 Å². The molecule has 0 bridgehead atoms. The standard InChI is InChI=1S/C14H24N2S/c1-4-5-13-16-10(2)14(17-13)11-6-8-12(15-3)9-7-11/h11-12,15H,4-9H2,1-3H3. The van der Waals surface area contributed by atoms with Crippen LogP contribution in [0.3, 0.4) is 0 Å². The summed E-state index contributed by atoms with van der Waals surface area (Å²) >= 11 is 1.97. The first kappa shape index (κ1) is 13.0. The molecule has 1 aromatic heterocycles. The molecule has 1 N–H and O–H groups in total. The van der Waals surface area contributed by atoms with E-state index < -0.39 is 0 Å². The van der Waals surface area contributed by atoms with Gasteiger partial charge in [0.1, 0.15) is 0 Å². The number of hydrogen-bond donors (Lipinski definition) is 1. The summed E-state index contributed by atoms with van der Waals surface area (Å²) in [5.41, 5.74) is 1.30. The fourth-order valence-electron chi connectivity index (χ4n) is 2.81. The lowest BCUT2D eigenvalue weighted by Crippen LogP contribution is -2.29. The Labute approximate surface area is 109 Å². The Hall–Kier alpha value is -0.410. The molecule has 1 fully saturated rings. The molecule has 1 aromatic rings. The summed E-state index contributed by atoms with van der Waals surface area (Å²) in [6.07, 6.45) is 7.67. The quantitative estimate of drug-likeness (QED) is 0.885. The lowest BCUT2D eigenvalue weighted by molar-refractivity contribution is 0.360. The minimum Gasteiger partial charge on any atom is -0.317 e. The Morgan fingerprint density at radius 1 is 1.29 bits per heavy atom. The molecular weight excluding hydrogens is 228 g/mol. The second kappa shape index (κ2) is 5.96. The Kier molecular flexibility index (Phi) is 4.57. The molecule has 2 nitrogen and oxygen atoms in total. The van der Waals surface area contributed by atoms with Crippen molar-refractivity contribution in [2.45, 2.75) is 64.3 Å². The van der Waals surface area contributed by atoms with Crippen molar-refractivity contribution >= 4 is 11.3 Å². The van der Waals surface area contributed by atoms with Crippen LogP contribution in [0.25, 0.3) is 0 Å². The average Bonchev–Trinajstić information content (AvgIpc) is 2.71. The Bertz CT molecular complexity index is 351. The van der Waals surface area contributed by atoms with Crippen LogP contribution in [0.4, 0.5) is 0 Å². The van der Waals surface area contributed by atoms with Gasteiger partial charge in [0.25, 0.3) is 0 Å². The summed E-state index contributed by atoms with van der Waals surface area (Å²) in [7, 11) is 2.09. The van der Waals surface area contributed by atoms with Gasteiger partial charge in [-0.05, 0) is 58.4 Å². The van der Waals surface area contributed by atoms with Crippen LogP contribution in [0.2, 0.25) is 0 Å². The van der Waals surface area contributed by atoms with Gasteiger partial charge in [-0.15, -0.1) is 11.3 Å². The number of aryl methyl sites for hydroxylation is 2. The minimum atomic E-state index is 0.745. The van der Waals surface area contributed by atoms with Crippen molar-refractivity contribution in [1.29, 1.82) is 0 Å². The van der Waals surface area contributed by atoms with E-state index in [4.69, 9.17) is 4.98 Å². The first-order chi connectivity index (χ1) is 8.24. The zero-order valence-corrected chi connectivity index (χ0v) is 12.1. The highest BCUT2D eigenvalue weighted by atomic mass is 32.1. The normalized spacial score (nSPS) is 25.1. The molecule has 0 aliphatic heterocycles. The fourth-order valence-corrected chi connectivity index (χ4v) is 4.15. The van der Waals surface area contributed by atoms with Crippen molar-refractivity contribution < 1.29 is 0 Å². The molecule has 0 unspecified atom stereocenters. The Morgan fingerprint density at radius 3 is 2.59 bits per heavy atom. The van der Waals surface area contributed by atoms with Gasteiger partial charge in [0.05, 0.1) is 10.7 Å². The number of nitrogens with one attached hydrogen (secondary N) is 1. The smallest absolute Gasteiger partial charge is 0.0930 e. The molecule has 0 radical (unpaired) electrons. The predicted octanol–water partition coefficient (Wildman–Crippen LogP) is 3.65. The topological polar surface area (TPSA) is 24.9 Å². The van der Waals surface area contributed by atoms with Gasteiger partial charge >= 0.3 is 0 Å². The minimum absolute atomic E-state index is 0.745. The maximum Gasteiger partial charge on any atom is 0.0930 e. The highest BCUT2D eigenvalue weighted by Crippen LogP contribution is 2.37. The molecule has 17 heavy (non-hydrogen) atoms. The number of hydrogen-bond acceptors (Lipinski definition) is 3. The molecule has 0 aromatic carbocycles. The monoisotopic (exact) mass is 252 g/mol. The summed E-state index contributed by atoms with van der Waals surface area (Å²) in [5, 5.41) is 4.75. The van der Waals surface area contributed by atoms with Crippen molar-refractivity contribution in [2.75, 3.05) is 7.05 Å². The van der Waals surface area contributed by atoms with Gasteiger partial charge in [-0.3, -0.25) is 0 Å². The predicted molar refractivity (Wildman–Crippen MR) is 74.9 cm³/mol. The Morgan fingerprint density at radius 2 is 2.00 bits per heavy atom. The maximum absolute atomic E-state index is 4.72. The maximum atomic E-state index is 4.72. The first-order valence-corrected chi connectivity index (χ1v) is 7.69. The van der Waals surface area contributed by atoms with E-state index >= 15 is 0 Å². The van der Waals surface area contributed by atoms with Crippen LogP contribution in [-0.4, -0.2) is 18.1 Å². The SMILES string of the molecule is CCCc1nc(C)c(C2CCC(NC)CC2)s1. The highest BCUT2D eigenvalue weighted by Gasteiger charge is 2.24. The Balaban J connectivity index is 2.02. The lowest BCUT2D eigenvalue weighted by Gasteiger charge is -2.27. The van der Waals surface area contributed by atoms with E-state index in [1.165, 1.54) is 42.8 Å². The van der Waals surface area contributed by atoms with Crippen LogP contribution in [0.1, 0.15) is 60.5 Å². The average molecular weight is 252 g/mol. The van der Waals surface area contributed by atoms with Crippen molar-refractivity contribution in [1.82, 2.24) is 10.3 Å². The second-order valence-electron chi connectivity index (χ2n) is 5.14. The van der Waals surface area contributed by atoms with Crippen LogP contribution < -0.4 is 5.32 Å². The van der Waals surface area contributed by atoms with Crippen LogP contribution in [0, 0.1) is 6.92 Å². The summed E-state index contributed by atoms with van der Waals surface area (Å²) < 4.78 is 0. The summed E-state index contributed by atoms with van der Waals surface area (Å²) in [5.74, 6) is 0.780. The lowest BCUT2D eigenvalue weighted by atomic mass is 9.85. The van der Waals surface area contributed by atoms with Gasteiger partial charge in [0.15, 0.2) is 0 Å². The molecule has 0 saturated heterocycles. The van der Waals surface area contributed by atoms with E-state index in [1.54, 1.807) is 4.88 Å². The van der Waals surface area contributed by atoms with Gasteiger partial charge in [-0.25, -0.2) is 4.98 Å². The number of aromatic nitrogens is 1. The molecule has 0 atom stereocenters. The van der Waals surface area contributed by atoms with E-state index in [9.17, 15) is 0 Å². The van der Waals surface area contributed by atoms with Gasteiger partial charge in [0.2, 0.25) is 0 Å². The van der Waals surface area contributed by atoms with Crippen LogP contribution in [0.5, 0.6) is 0 Å². The van der Waals surface area contributed by atoms with E-state index in [-0.39, 0.29) is 0 Å². The summed E-state index contributed by atoms with van der Waals surface area (Å²) in [4.78, 5) is 6.29. The summed E-state index contributed by atoms with van der Waals surface area (Å²) in [6.45, 7) is 4.42. The van der Waals surface area contributed by atoms with Crippen molar-refractivity contribution in [2.24, 2.45) is 0 Å². The van der Waals surface area contributed by atoms with Crippen molar-refractivity contribution in [3.8, 4) is 0 Å². The molecule has 1 aliphatic rings. The first-order valence-electron chi connectivity index (χ1n) is 6.88. The molecule has 2 rings (SSSR count). The van der Waals surface area contributed by atoms with Gasteiger partial charge in [-0.1, -0.05) is 6.92 Å². The third kappa shape index (κ3) is 3.08. The van der Waals surface area contributed by atoms with Crippen molar-refractivity contribution in [3.05, 3.63) is 15.6 Å². The van der Waals surface area contributed by atoms with Crippen molar-refractivity contribution in [3.63, 3.8) is 0 Å². The zero-order valence-electron chi connectivity index (χ0n) is 11.3. The largest absolute Gasteiger partial charge is 0.317 e. The molecular formula is C14H24N2S. The van der Waals surface area contributed by atoms with E-state index in [2.05, 4.69) is 26.2 Å². The van der Waals surface area contributed by atoms with Gasteiger partial charge < -0.3 is 5.32 Å². The van der Waals surface area contributed by atoms with Crippen LogP contribution >= 0.6 is 11.3 Å². The number of thiazole rings is 1.